The van der Waals surface area contributed by atoms with Crippen LogP contribution in [0.4, 0.5) is 4.79 Å². The first-order chi connectivity index (χ1) is 11.1. The van der Waals surface area contributed by atoms with Crippen LogP contribution in [-0.4, -0.2) is 49.0 Å². The summed E-state index contributed by atoms with van der Waals surface area (Å²) in [5, 5.41) is 11.6. The van der Waals surface area contributed by atoms with Gasteiger partial charge in [0.25, 0.3) is 0 Å². The quantitative estimate of drug-likeness (QED) is 0.528. The summed E-state index contributed by atoms with van der Waals surface area (Å²) in [6, 6.07) is 3.60. The largest absolute Gasteiger partial charge is 0.493 e. The Balaban J connectivity index is 2.08. The molecule has 2 rings (SSSR count). The smallest absolute Gasteiger partial charge is 0.405 e. The molecule has 0 bridgehead atoms. The molecule has 126 valence electrons. The molecule has 1 amide bonds. The maximum atomic E-state index is 10.5. The molecule has 9 heteroatoms. The zero-order valence-corrected chi connectivity index (χ0v) is 14.1. The van der Waals surface area contributed by atoms with Crippen LogP contribution in [0, 0.1) is 0 Å². The van der Waals surface area contributed by atoms with Crippen LogP contribution < -0.4 is 14.8 Å². The van der Waals surface area contributed by atoms with E-state index in [2.05, 4.69) is 10.3 Å². The summed E-state index contributed by atoms with van der Waals surface area (Å²) in [6.45, 7) is 1.45. The molecule has 23 heavy (non-hydrogen) atoms. The van der Waals surface area contributed by atoms with E-state index >= 15 is 0 Å². The summed E-state index contributed by atoms with van der Waals surface area (Å²) < 4.78 is 17.1. The first-order valence-electron chi connectivity index (χ1n) is 6.84. The van der Waals surface area contributed by atoms with Crippen molar-refractivity contribution in [1.82, 2.24) is 10.3 Å². The lowest BCUT2D eigenvalue weighted by atomic mass is 10.3. The Morgan fingerprint density at radius 2 is 2.17 bits per heavy atom. The van der Waals surface area contributed by atoms with E-state index in [-0.39, 0.29) is 6.54 Å². The predicted molar refractivity (Wildman–Crippen MR) is 88.1 cm³/mol. The summed E-state index contributed by atoms with van der Waals surface area (Å²) in [6.07, 6.45) is -1.08. The molecular formula is C14H17ClN2O5S. The topological polar surface area (TPSA) is 89.9 Å². The van der Waals surface area contributed by atoms with Gasteiger partial charge in [0.15, 0.2) is 11.5 Å². The minimum absolute atomic E-state index is 0.166. The third-order valence-electron chi connectivity index (χ3n) is 2.82. The number of methoxy groups -OCH3 is 1. The number of fused-ring (bicyclic) bond motifs is 1. The molecule has 7 nitrogen and oxygen atoms in total. The van der Waals surface area contributed by atoms with Crippen molar-refractivity contribution in [1.29, 1.82) is 0 Å². The van der Waals surface area contributed by atoms with Gasteiger partial charge in [0.1, 0.15) is 11.6 Å². The number of alkyl halides is 1. The van der Waals surface area contributed by atoms with Crippen molar-refractivity contribution >= 4 is 39.2 Å². The van der Waals surface area contributed by atoms with Crippen molar-refractivity contribution in [3.05, 3.63) is 17.1 Å². The molecule has 0 fully saturated rings. The molecule has 2 N–H and O–H groups in total. The van der Waals surface area contributed by atoms with E-state index in [1.165, 1.54) is 11.3 Å². The van der Waals surface area contributed by atoms with Gasteiger partial charge in [-0.3, -0.25) is 0 Å². The number of carbonyl (C=O) groups is 1. The molecule has 0 aliphatic carbocycles. The number of thiazole rings is 1. The van der Waals surface area contributed by atoms with Crippen molar-refractivity contribution in [2.75, 3.05) is 32.8 Å². The Hall–Kier alpha value is -1.77. The van der Waals surface area contributed by atoms with E-state index in [4.69, 9.17) is 30.9 Å². The van der Waals surface area contributed by atoms with Crippen molar-refractivity contribution in [2.24, 2.45) is 0 Å². The maximum Gasteiger partial charge on any atom is 0.405 e. The third-order valence-corrected chi connectivity index (χ3v) is 3.99. The second-order valence-electron chi connectivity index (χ2n) is 4.39. The first kappa shape index (κ1) is 17.6. The van der Waals surface area contributed by atoms with Crippen molar-refractivity contribution in [3.8, 4) is 11.5 Å². The standard InChI is InChI=1S/C14H17ClN2O5S/c1-20-10-7-12-9(17-13(23-12)8-16-14(18)19)6-11(10)22-5-4-21-3-2-15/h6-7,16H,2-5,8H2,1H3,(H,18,19). The molecule has 0 saturated carbocycles. The number of carboxylic acid groups (broad SMARTS) is 1. The van der Waals surface area contributed by atoms with Crippen molar-refractivity contribution in [3.63, 3.8) is 0 Å². The van der Waals surface area contributed by atoms with Crippen LogP contribution in [0.2, 0.25) is 0 Å². The van der Waals surface area contributed by atoms with Gasteiger partial charge in [0, 0.05) is 18.0 Å². The van der Waals surface area contributed by atoms with E-state index in [1.807, 2.05) is 6.07 Å². The molecule has 0 aliphatic heterocycles. The van der Waals surface area contributed by atoms with Crippen LogP contribution in [0.15, 0.2) is 12.1 Å². The summed E-state index contributed by atoms with van der Waals surface area (Å²) >= 11 is 6.92. The van der Waals surface area contributed by atoms with Crippen LogP contribution >= 0.6 is 22.9 Å². The van der Waals surface area contributed by atoms with E-state index in [9.17, 15) is 4.79 Å². The number of hydrogen-bond acceptors (Lipinski definition) is 6. The highest BCUT2D eigenvalue weighted by atomic mass is 35.5. The monoisotopic (exact) mass is 360 g/mol. The minimum atomic E-state index is -1.08. The SMILES string of the molecule is COc1cc2sc(CNC(=O)O)nc2cc1OCCOCCCl. The van der Waals surface area contributed by atoms with Crippen LogP contribution in [0.25, 0.3) is 10.2 Å². The highest BCUT2D eigenvalue weighted by Gasteiger charge is 2.12. The number of amides is 1. The lowest BCUT2D eigenvalue weighted by Crippen LogP contribution is -2.19. The molecule has 0 aliphatic rings. The number of halogens is 1. The van der Waals surface area contributed by atoms with Gasteiger partial charge in [-0.1, -0.05) is 0 Å². The number of benzene rings is 1. The van der Waals surface area contributed by atoms with Gasteiger partial charge in [-0.25, -0.2) is 9.78 Å². The van der Waals surface area contributed by atoms with Gasteiger partial charge in [0.05, 0.1) is 37.1 Å². The highest BCUT2D eigenvalue weighted by Crippen LogP contribution is 2.34. The van der Waals surface area contributed by atoms with Gasteiger partial charge in [-0.05, 0) is 0 Å². The van der Waals surface area contributed by atoms with E-state index in [1.54, 1.807) is 13.2 Å². The molecule has 0 spiro atoms. The predicted octanol–water partition coefficient (Wildman–Crippen LogP) is 2.71. The summed E-state index contributed by atoms with van der Waals surface area (Å²) in [5.74, 6) is 1.61. The molecule has 1 aromatic carbocycles. The highest BCUT2D eigenvalue weighted by molar-refractivity contribution is 7.18. The summed E-state index contributed by atoms with van der Waals surface area (Å²) in [5.41, 5.74) is 0.731. The third kappa shape index (κ3) is 5.12. The fourth-order valence-corrected chi connectivity index (χ4v) is 2.88. The lowest BCUT2D eigenvalue weighted by molar-refractivity contribution is 0.110. The normalized spacial score (nSPS) is 10.7. The Bertz CT molecular complexity index is 664. The molecule has 0 saturated heterocycles. The molecule has 0 radical (unpaired) electrons. The van der Waals surface area contributed by atoms with Crippen LogP contribution in [0.3, 0.4) is 0 Å². The molecule has 1 aromatic heterocycles. The Morgan fingerprint density at radius 1 is 1.35 bits per heavy atom. The Labute approximate surface area is 142 Å². The van der Waals surface area contributed by atoms with Gasteiger partial charge in [-0.2, -0.15) is 0 Å². The van der Waals surface area contributed by atoms with E-state index < -0.39 is 6.09 Å². The van der Waals surface area contributed by atoms with Crippen LogP contribution in [0.5, 0.6) is 11.5 Å². The van der Waals surface area contributed by atoms with Gasteiger partial charge in [-0.15, -0.1) is 22.9 Å². The van der Waals surface area contributed by atoms with E-state index in [0.29, 0.717) is 42.2 Å². The number of hydrogen-bond donors (Lipinski definition) is 2. The number of aromatic nitrogens is 1. The molecular weight excluding hydrogens is 344 g/mol. The molecule has 1 heterocycles. The lowest BCUT2D eigenvalue weighted by Gasteiger charge is -2.10. The number of ether oxygens (including phenoxy) is 3. The average Bonchev–Trinajstić information content (AvgIpc) is 2.93. The van der Waals surface area contributed by atoms with E-state index in [0.717, 1.165) is 10.2 Å². The van der Waals surface area contributed by atoms with Gasteiger partial charge in [0.2, 0.25) is 0 Å². The number of rotatable bonds is 9. The van der Waals surface area contributed by atoms with Gasteiger partial charge < -0.3 is 24.6 Å². The zero-order chi connectivity index (χ0) is 16.7. The zero-order valence-electron chi connectivity index (χ0n) is 12.5. The van der Waals surface area contributed by atoms with Crippen molar-refractivity contribution in [2.45, 2.75) is 6.54 Å². The number of nitrogens with zero attached hydrogens (tertiary/aromatic N) is 1. The maximum absolute atomic E-state index is 10.5. The Morgan fingerprint density at radius 3 is 2.87 bits per heavy atom. The molecule has 0 unspecified atom stereocenters. The summed E-state index contributed by atoms with van der Waals surface area (Å²) in [7, 11) is 1.56. The fourth-order valence-electron chi connectivity index (χ4n) is 1.85. The Kier molecular flexibility index (Phi) is 6.69. The molecule has 2 aromatic rings. The van der Waals surface area contributed by atoms with Crippen LogP contribution in [0.1, 0.15) is 5.01 Å². The first-order valence-corrected chi connectivity index (χ1v) is 8.20. The average molecular weight is 361 g/mol. The van der Waals surface area contributed by atoms with Crippen LogP contribution in [-0.2, 0) is 11.3 Å². The summed E-state index contributed by atoms with van der Waals surface area (Å²) in [4.78, 5) is 14.9. The minimum Gasteiger partial charge on any atom is -0.493 e. The second kappa shape index (κ2) is 8.76. The molecule has 0 atom stereocenters. The fraction of sp³-hybridized carbons (Fsp3) is 0.429. The number of nitrogens with one attached hydrogen (secondary N) is 1. The van der Waals surface area contributed by atoms with Gasteiger partial charge >= 0.3 is 6.09 Å². The second-order valence-corrected chi connectivity index (χ2v) is 5.88. The van der Waals surface area contributed by atoms with Crippen molar-refractivity contribution < 1.29 is 24.1 Å².